The van der Waals surface area contributed by atoms with Gasteiger partial charge in [-0.15, -0.1) is 0 Å². The molecule has 4 rings (SSSR count). The molecule has 0 spiro atoms. The molecule has 1 aliphatic rings. The summed E-state index contributed by atoms with van der Waals surface area (Å²) in [5.41, 5.74) is 3.74. The Morgan fingerprint density at radius 3 is 2.14 bits per heavy atom. The predicted octanol–water partition coefficient (Wildman–Crippen LogP) is 6.17. The molecule has 3 aromatic carbocycles. The maximum Gasteiger partial charge on any atom is 0.323 e. The fraction of sp³-hybridized carbons (Fsp3) is 0.276. The molecular weight excluding hydrogens is 456 g/mol. The zero-order chi connectivity index (χ0) is 25.5. The highest BCUT2D eigenvalue weighted by Crippen LogP contribution is 2.35. The zero-order valence-corrected chi connectivity index (χ0v) is 20.5. The smallest absolute Gasteiger partial charge is 0.323 e. The van der Waals surface area contributed by atoms with Crippen molar-refractivity contribution in [2.24, 2.45) is 11.8 Å². The van der Waals surface area contributed by atoms with Gasteiger partial charge in [-0.3, -0.25) is 9.59 Å². The Kier molecular flexibility index (Phi) is 8.00. The molecule has 36 heavy (non-hydrogen) atoms. The minimum absolute atomic E-state index is 0.00841. The number of hydrogen-bond acceptors (Lipinski definition) is 5. The lowest BCUT2D eigenvalue weighted by Crippen LogP contribution is -2.26. The molecule has 1 saturated carbocycles. The van der Waals surface area contributed by atoms with Crippen LogP contribution in [0.2, 0.25) is 0 Å². The van der Waals surface area contributed by atoms with Crippen molar-refractivity contribution >= 4 is 29.2 Å². The van der Waals surface area contributed by atoms with Gasteiger partial charge in [0, 0.05) is 17.2 Å². The second-order valence-corrected chi connectivity index (χ2v) is 8.69. The molecule has 0 bridgehead atoms. The summed E-state index contributed by atoms with van der Waals surface area (Å²) in [7, 11) is 1.37. The van der Waals surface area contributed by atoms with Gasteiger partial charge in [0.1, 0.15) is 5.75 Å². The normalized spacial score (nSPS) is 16.7. The number of esters is 1. The Bertz CT molecular complexity index is 1220. The van der Waals surface area contributed by atoms with E-state index in [9.17, 15) is 14.4 Å². The Balaban J connectivity index is 1.38. The van der Waals surface area contributed by atoms with Crippen molar-refractivity contribution in [2.75, 3.05) is 24.4 Å². The maximum atomic E-state index is 13.0. The first kappa shape index (κ1) is 25.0. The fourth-order valence-corrected chi connectivity index (χ4v) is 4.63. The average Bonchev–Trinajstić information content (AvgIpc) is 3.40. The van der Waals surface area contributed by atoms with E-state index in [0.717, 1.165) is 17.5 Å². The monoisotopic (exact) mass is 486 g/mol. The van der Waals surface area contributed by atoms with Crippen LogP contribution in [-0.4, -0.2) is 31.5 Å². The number of Topliss-reactive ketones (excluding diaryl/α,β-unsaturated/α-hetero) is 1. The molecule has 0 aromatic heterocycles. The van der Waals surface area contributed by atoms with Crippen LogP contribution in [0.1, 0.15) is 36.5 Å². The van der Waals surface area contributed by atoms with Crippen molar-refractivity contribution in [3.8, 4) is 16.9 Å². The van der Waals surface area contributed by atoms with E-state index in [2.05, 4.69) is 10.6 Å². The minimum atomic E-state index is -0.366. The Hall–Kier alpha value is -4.13. The molecule has 0 heterocycles. The van der Waals surface area contributed by atoms with Gasteiger partial charge in [-0.05, 0) is 55.2 Å². The molecular formula is C29H30N2O5. The lowest BCUT2D eigenvalue weighted by Gasteiger charge is -2.16. The van der Waals surface area contributed by atoms with Gasteiger partial charge in [-0.25, -0.2) is 4.79 Å². The van der Waals surface area contributed by atoms with Gasteiger partial charge in [0.15, 0.2) is 5.78 Å². The fourth-order valence-electron chi connectivity index (χ4n) is 4.63. The maximum absolute atomic E-state index is 13.0. The highest BCUT2D eigenvalue weighted by molar-refractivity contribution is 6.01. The molecule has 7 nitrogen and oxygen atoms in total. The molecule has 1 fully saturated rings. The SMILES string of the molecule is CCOc1ccccc1NC(=O)Nc1ccc(-c2ccc(C(=O)[C@@H]3CCC[C@H]3C(=O)OC)cc2)cc1. The summed E-state index contributed by atoms with van der Waals surface area (Å²) in [6.45, 7) is 2.39. The van der Waals surface area contributed by atoms with E-state index in [4.69, 9.17) is 9.47 Å². The van der Waals surface area contributed by atoms with Gasteiger partial charge in [-0.1, -0.05) is 55.0 Å². The van der Waals surface area contributed by atoms with Gasteiger partial charge >= 0.3 is 12.0 Å². The van der Waals surface area contributed by atoms with E-state index in [-0.39, 0.29) is 29.6 Å². The first-order chi connectivity index (χ1) is 17.5. The second-order valence-electron chi connectivity index (χ2n) is 8.69. The van der Waals surface area contributed by atoms with Crippen LogP contribution in [0.5, 0.6) is 5.75 Å². The molecule has 7 heteroatoms. The number of ketones is 1. The third-order valence-electron chi connectivity index (χ3n) is 6.44. The van der Waals surface area contributed by atoms with E-state index in [1.807, 2.05) is 55.5 Å². The number of hydrogen-bond donors (Lipinski definition) is 2. The molecule has 2 atom stereocenters. The van der Waals surface area contributed by atoms with E-state index in [1.165, 1.54) is 7.11 Å². The zero-order valence-electron chi connectivity index (χ0n) is 20.5. The van der Waals surface area contributed by atoms with Gasteiger partial charge in [0.25, 0.3) is 0 Å². The first-order valence-corrected chi connectivity index (χ1v) is 12.1. The summed E-state index contributed by atoms with van der Waals surface area (Å²) >= 11 is 0. The number of benzene rings is 3. The minimum Gasteiger partial charge on any atom is -0.492 e. The number of anilines is 2. The van der Waals surface area contributed by atoms with E-state index in [0.29, 0.717) is 42.1 Å². The van der Waals surface area contributed by atoms with E-state index < -0.39 is 0 Å². The molecule has 0 radical (unpaired) electrons. The van der Waals surface area contributed by atoms with Crippen molar-refractivity contribution in [3.05, 3.63) is 78.4 Å². The molecule has 0 unspecified atom stereocenters. The molecule has 186 valence electrons. The lowest BCUT2D eigenvalue weighted by molar-refractivity contribution is -0.146. The molecule has 2 N–H and O–H groups in total. The summed E-state index contributed by atoms with van der Waals surface area (Å²) < 4.78 is 10.4. The standard InChI is InChI=1S/C29H30N2O5/c1-3-36-26-10-5-4-9-25(26)31-29(34)30-22-17-15-20(16-18-22)19-11-13-21(14-12-19)27(32)23-7-6-8-24(23)28(33)35-2/h4-5,9-18,23-24H,3,6-8H2,1-2H3,(H2,30,31,34)/t23-,24-/m1/s1. The number of rotatable bonds is 8. The summed E-state index contributed by atoms with van der Waals surface area (Å²) in [6, 6.07) is 21.8. The molecule has 1 aliphatic carbocycles. The van der Waals surface area contributed by atoms with Crippen LogP contribution in [-0.2, 0) is 9.53 Å². The van der Waals surface area contributed by atoms with Crippen molar-refractivity contribution in [2.45, 2.75) is 26.2 Å². The topological polar surface area (TPSA) is 93.7 Å². The van der Waals surface area contributed by atoms with Crippen LogP contribution in [0.4, 0.5) is 16.2 Å². The van der Waals surface area contributed by atoms with Crippen molar-refractivity contribution < 1.29 is 23.9 Å². The summed E-state index contributed by atoms with van der Waals surface area (Å²) in [4.78, 5) is 37.5. The molecule has 0 aliphatic heterocycles. The van der Waals surface area contributed by atoms with Crippen molar-refractivity contribution in [1.82, 2.24) is 0 Å². The molecule has 2 amide bonds. The predicted molar refractivity (Wildman–Crippen MR) is 139 cm³/mol. The van der Waals surface area contributed by atoms with Crippen LogP contribution in [0.3, 0.4) is 0 Å². The summed E-state index contributed by atoms with van der Waals surface area (Å²) in [6.07, 6.45) is 2.25. The van der Waals surface area contributed by atoms with Gasteiger partial charge in [0.2, 0.25) is 0 Å². The highest BCUT2D eigenvalue weighted by Gasteiger charge is 2.38. The Morgan fingerprint density at radius 1 is 0.833 bits per heavy atom. The molecule has 3 aromatic rings. The lowest BCUT2D eigenvalue weighted by atomic mass is 9.88. The Labute approximate surface area is 210 Å². The van der Waals surface area contributed by atoms with Crippen LogP contribution in [0.15, 0.2) is 72.8 Å². The van der Waals surface area contributed by atoms with Crippen LogP contribution < -0.4 is 15.4 Å². The molecule has 0 saturated heterocycles. The van der Waals surface area contributed by atoms with Crippen molar-refractivity contribution in [1.29, 1.82) is 0 Å². The van der Waals surface area contributed by atoms with Crippen LogP contribution >= 0.6 is 0 Å². The van der Waals surface area contributed by atoms with Gasteiger partial charge in [0.05, 0.1) is 25.3 Å². The largest absolute Gasteiger partial charge is 0.492 e. The van der Waals surface area contributed by atoms with Crippen LogP contribution in [0, 0.1) is 11.8 Å². The summed E-state index contributed by atoms with van der Waals surface area (Å²) in [5, 5.41) is 5.63. The Morgan fingerprint density at radius 2 is 1.47 bits per heavy atom. The van der Waals surface area contributed by atoms with Crippen LogP contribution in [0.25, 0.3) is 11.1 Å². The number of methoxy groups -OCH3 is 1. The summed E-state index contributed by atoms with van der Waals surface area (Å²) in [5.74, 6) is -0.372. The van der Waals surface area contributed by atoms with E-state index in [1.54, 1.807) is 24.3 Å². The number of urea groups is 1. The quantitative estimate of drug-likeness (QED) is 0.293. The number of amides is 2. The highest BCUT2D eigenvalue weighted by atomic mass is 16.5. The number of ether oxygens (including phenoxy) is 2. The number of carbonyl (C=O) groups excluding carboxylic acids is 3. The number of nitrogens with one attached hydrogen (secondary N) is 2. The number of para-hydroxylation sites is 2. The third-order valence-corrected chi connectivity index (χ3v) is 6.44. The van der Waals surface area contributed by atoms with Crippen molar-refractivity contribution in [3.63, 3.8) is 0 Å². The third kappa shape index (κ3) is 5.74. The average molecular weight is 487 g/mol. The second kappa shape index (κ2) is 11.5. The first-order valence-electron chi connectivity index (χ1n) is 12.1. The van der Waals surface area contributed by atoms with Gasteiger partial charge in [-0.2, -0.15) is 0 Å². The van der Waals surface area contributed by atoms with Gasteiger partial charge < -0.3 is 20.1 Å². The van der Waals surface area contributed by atoms with E-state index >= 15 is 0 Å². The number of carbonyl (C=O) groups is 3.